The largest absolute Gasteiger partial charge is 0.490 e. The maximum Gasteiger partial charge on any atom is 0.490 e. The Morgan fingerprint density at radius 2 is 1.94 bits per heavy atom. The SMILES string of the molecule is CNC(=O)C1C=CCC1.O=C(O)C(F)(F)F. The number of nitrogens with one attached hydrogen (secondary N) is 1. The molecule has 1 rings (SSSR count). The lowest BCUT2D eigenvalue weighted by Crippen LogP contribution is -2.24. The molecule has 16 heavy (non-hydrogen) atoms. The minimum absolute atomic E-state index is 0.142. The minimum Gasteiger partial charge on any atom is -0.475 e. The highest BCUT2D eigenvalue weighted by atomic mass is 19.4. The van der Waals surface area contributed by atoms with Gasteiger partial charge in [-0.05, 0) is 12.8 Å². The fourth-order valence-corrected chi connectivity index (χ4v) is 1.04. The molecule has 1 aliphatic carbocycles. The van der Waals surface area contributed by atoms with Gasteiger partial charge in [0, 0.05) is 7.05 Å². The molecule has 7 heteroatoms. The summed E-state index contributed by atoms with van der Waals surface area (Å²) in [5, 5.41) is 9.74. The van der Waals surface area contributed by atoms with E-state index in [-0.39, 0.29) is 11.8 Å². The molecule has 0 spiro atoms. The van der Waals surface area contributed by atoms with Gasteiger partial charge in [-0.15, -0.1) is 0 Å². The van der Waals surface area contributed by atoms with E-state index in [1.807, 2.05) is 6.08 Å². The lowest BCUT2D eigenvalue weighted by atomic mass is 10.1. The van der Waals surface area contributed by atoms with Gasteiger partial charge in [0.25, 0.3) is 0 Å². The first-order valence-electron chi connectivity index (χ1n) is 4.47. The first-order chi connectivity index (χ1) is 7.29. The molecule has 92 valence electrons. The van der Waals surface area contributed by atoms with Crippen LogP contribution in [-0.4, -0.2) is 30.2 Å². The highest BCUT2D eigenvalue weighted by Crippen LogP contribution is 2.16. The molecule has 0 aromatic rings. The van der Waals surface area contributed by atoms with Crippen LogP contribution in [-0.2, 0) is 9.59 Å². The maximum absolute atomic E-state index is 10.9. The van der Waals surface area contributed by atoms with Crippen LogP contribution in [0.15, 0.2) is 12.2 Å². The Labute approximate surface area is 90.1 Å². The number of carbonyl (C=O) groups is 2. The van der Waals surface area contributed by atoms with Gasteiger partial charge >= 0.3 is 12.1 Å². The molecule has 0 heterocycles. The summed E-state index contributed by atoms with van der Waals surface area (Å²) in [5.41, 5.74) is 0. The van der Waals surface area contributed by atoms with E-state index in [0.717, 1.165) is 12.8 Å². The molecule has 2 N–H and O–H groups in total. The van der Waals surface area contributed by atoms with Gasteiger partial charge in [-0.1, -0.05) is 12.2 Å². The number of carbonyl (C=O) groups excluding carboxylic acids is 1. The molecule has 0 saturated carbocycles. The van der Waals surface area contributed by atoms with Crippen LogP contribution in [0.1, 0.15) is 12.8 Å². The zero-order valence-electron chi connectivity index (χ0n) is 8.54. The predicted octanol–water partition coefficient (Wildman–Crippen LogP) is 1.33. The van der Waals surface area contributed by atoms with Crippen molar-refractivity contribution in [2.45, 2.75) is 19.0 Å². The van der Waals surface area contributed by atoms with E-state index in [2.05, 4.69) is 11.4 Å². The molecule has 4 nitrogen and oxygen atoms in total. The standard InChI is InChI=1S/C7H11NO.C2HF3O2/c1-8-7(9)6-4-2-3-5-6;3-2(4,5)1(6)7/h2,4,6H,3,5H2,1H3,(H,8,9);(H,6,7). The second kappa shape index (κ2) is 6.14. The number of hydrogen-bond donors (Lipinski definition) is 2. The van der Waals surface area contributed by atoms with E-state index in [4.69, 9.17) is 9.90 Å². The number of halogens is 3. The number of hydrogen-bond acceptors (Lipinski definition) is 2. The van der Waals surface area contributed by atoms with E-state index < -0.39 is 12.1 Å². The first-order valence-corrected chi connectivity index (χ1v) is 4.47. The Bertz CT molecular complexity index is 286. The highest BCUT2D eigenvalue weighted by Gasteiger charge is 2.38. The van der Waals surface area contributed by atoms with E-state index in [1.54, 1.807) is 7.05 Å². The Balaban J connectivity index is 0.000000293. The molecule has 0 fully saturated rings. The van der Waals surface area contributed by atoms with Crippen molar-refractivity contribution in [1.82, 2.24) is 5.32 Å². The van der Waals surface area contributed by atoms with E-state index in [0.29, 0.717) is 0 Å². The topological polar surface area (TPSA) is 66.4 Å². The van der Waals surface area contributed by atoms with Crippen LogP contribution in [0.5, 0.6) is 0 Å². The smallest absolute Gasteiger partial charge is 0.475 e. The fraction of sp³-hybridized carbons (Fsp3) is 0.556. The summed E-state index contributed by atoms with van der Waals surface area (Å²) in [7, 11) is 1.68. The zero-order valence-corrected chi connectivity index (χ0v) is 8.54. The molecule has 1 unspecified atom stereocenters. The molecular weight excluding hydrogens is 227 g/mol. The number of allylic oxidation sites excluding steroid dienone is 1. The van der Waals surface area contributed by atoms with E-state index >= 15 is 0 Å². The van der Waals surface area contributed by atoms with Gasteiger partial charge in [0.15, 0.2) is 0 Å². The summed E-state index contributed by atoms with van der Waals surface area (Å²) in [4.78, 5) is 19.7. The Morgan fingerprint density at radius 3 is 2.19 bits per heavy atom. The molecule has 0 bridgehead atoms. The van der Waals surface area contributed by atoms with Crippen molar-refractivity contribution < 1.29 is 27.9 Å². The Morgan fingerprint density at radius 1 is 1.44 bits per heavy atom. The summed E-state index contributed by atoms with van der Waals surface area (Å²) in [5.74, 6) is -2.47. The number of aliphatic carboxylic acids is 1. The lowest BCUT2D eigenvalue weighted by Gasteiger charge is -2.02. The van der Waals surface area contributed by atoms with E-state index in [1.165, 1.54) is 0 Å². The van der Waals surface area contributed by atoms with Crippen molar-refractivity contribution in [3.63, 3.8) is 0 Å². The van der Waals surface area contributed by atoms with Crippen molar-refractivity contribution >= 4 is 11.9 Å². The van der Waals surface area contributed by atoms with Gasteiger partial charge in [-0.2, -0.15) is 13.2 Å². The van der Waals surface area contributed by atoms with Crippen LogP contribution in [0.4, 0.5) is 13.2 Å². The van der Waals surface area contributed by atoms with Crippen molar-refractivity contribution in [3.8, 4) is 0 Å². The minimum atomic E-state index is -5.08. The van der Waals surface area contributed by atoms with Crippen LogP contribution >= 0.6 is 0 Å². The number of carboxylic acid groups (broad SMARTS) is 1. The quantitative estimate of drug-likeness (QED) is 0.678. The number of rotatable bonds is 1. The molecule has 1 aliphatic rings. The Kier molecular flexibility index (Phi) is 5.55. The summed E-state index contributed by atoms with van der Waals surface area (Å²) >= 11 is 0. The number of amides is 1. The average molecular weight is 239 g/mol. The summed E-state index contributed by atoms with van der Waals surface area (Å²) in [6.45, 7) is 0. The van der Waals surface area contributed by atoms with Crippen molar-refractivity contribution in [3.05, 3.63) is 12.2 Å². The highest BCUT2D eigenvalue weighted by molar-refractivity contribution is 5.80. The summed E-state index contributed by atoms with van der Waals surface area (Å²) in [6, 6.07) is 0. The number of carboxylic acids is 1. The normalized spacial score (nSPS) is 18.6. The molecule has 0 aromatic heterocycles. The average Bonchev–Trinajstić information content (AvgIpc) is 2.69. The maximum atomic E-state index is 10.9. The van der Waals surface area contributed by atoms with E-state index in [9.17, 15) is 18.0 Å². The van der Waals surface area contributed by atoms with Crippen molar-refractivity contribution in [1.29, 1.82) is 0 Å². The van der Waals surface area contributed by atoms with Crippen LogP contribution in [0, 0.1) is 5.92 Å². The third kappa shape index (κ3) is 5.38. The monoisotopic (exact) mass is 239 g/mol. The van der Waals surface area contributed by atoms with Gasteiger partial charge in [0.1, 0.15) is 0 Å². The van der Waals surface area contributed by atoms with Gasteiger partial charge in [-0.25, -0.2) is 4.79 Å². The number of alkyl halides is 3. The summed E-state index contributed by atoms with van der Waals surface area (Å²) in [6.07, 6.45) is 0.983. The van der Waals surface area contributed by atoms with Crippen LogP contribution in [0.25, 0.3) is 0 Å². The molecule has 0 aliphatic heterocycles. The van der Waals surface area contributed by atoms with Crippen molar-refractivity contribution in [2.75, 3.05) is 7.05 Å². The second-order valence-electron chi connectivity index (χ2n) is 3.03. The molecule has 1 atom stereocenters. The summed E-state index contributed by atoms with van der Waals surface area (Å²) < 4.78 is 31.7. The second-order valence-corrected chi connectivity index (χ2v) is 3.03. The predicted molar refractivity (Wildman–Crippen MR) is 49.6 cm³/mol. The Hall–Kier alpha value is -1.53. The molecule has 0 aromatic carbocycles. The van der Waals surface area contributed by atoms with Crippen LogP contribution < -0.4 is 5.32 Å². The van der Waals surface area contributed by atoms with Gasteiger partial charge in [-0.3, -0.25) is 4.79 Å². The van der Waals surface area contributed by atoms with Crippen molar-refractivity contribution in [2.24, 2.45) is 5.92 Å². The van der Waals surface area contributed by atoms with Crippen LogP contribution in [0.3, 0.4) is 0 Å². The first kappa shape index (κ1) is 14.5. The fourth-order valence-electron chi connectivity index (χ4n) is 1.04. The molecule has 1 amide bonds. The lowest BCUT2D eigenvalue weighted by molar-refractivity contribution is -0.192. The van der Waals surface area contributed by atoms with Crippen LogP contribution in [0.2, 0.25) is 0 Å². The third-order valence-electron chi connectivity index (χ3n) is 1.84. The van der Waals surface area contributed by atoms with Gasteiger partial charge in [0.05, 0.1) is 5.92 Å². The van der Waals surface area contributed by atoms with Gasteiger partial charge in [0.2, 0.25) is 5.91 Å². The third-order valence-corrected chi connectivity index (χ3v) is 1.84. The molecule has 0 radical (unpaired) electrons. The molecule has 0 saturated heterocycles. The van der Waals surface area contributed by atoms with Gasteiger partial charge < -0.3 is 10.4 Å². The molecular formula is C9H12F3NO3. The zero-order chi connectivity index (χ0) is 12.8.